The largest absolute Gasteiger partial charge is 0.715 e. The van der Waals surface area contributed by atoms with Gasteiger partial charge in [-0.05, 0) is 0 Å². The van der Waals surface area contributed by atoms with Crippen molar-refractivity contribution in [2.75, 3.05) is 0 Å². The Hall–Kier alpha value is -2.24. The van der Waals surface area contributed by atoms with Crippen LogP contribution in [0.2, 0.25) is 0 Å². The summed E-state index contributed by atoms with van der Waals surface area (Å²) in [5, 5.41) is 34.5. The zero-order chi connectivity index (χ0) is 13.2. The maximum Gasteiger partial charge on any atom is 0.715 e. The topological polar surface area (TPSA) is 146 Å². The first-order valence-electron chi connectivity index (χ1n) is 3.84. The van der Waals surface area contributed by atoms with Crippen LogP contribution in [0.5, 0.6) is 0 Å². The molecule has 0 amide bonds. The molecule has 0 spiro atoms. The van der Waals surface area contributed by atoms with Gasteiger partial charge >= 0.3 is 6.29 Å². The van der Waals surface area contributed by atoms with E-state index < -0.39 is 26.9 Å². The molecule has 1 aromatic heterocycles. The van der Waals surface area contributed by atoms with Gasteiger partial charge in [-0.25, -0.2) is 0 Å². The lowest BCUT2D eigenvalue weighted by Gasteiger charge is -1.96. The Morgan fingerprint density at radius 1 is 1.35 bits per heavy atom. The van der Waals surface area contributed by atoms with Crippen molar-refractivity contribution in [3.63, 3.8) is 0 Å². The van der Waals surface area contributed by atoms with Crippen molar-refractivity contribution in [2.45, 2.75) is 5.33 Å². The van der Waals surface area contributed by atoms with Crippen LogP contribution in [-0.2, 0) is 5.33 Å². The van der Waals surface area contributed by atoms with E-state index in [9.17, 15) is 30.3 Å². The van der Waals surface area contributed by atoms with Gasteiger partial charge < -0.3 is 10.1 Å². The molecule has 0 bridgehead atoms. The minimum atomic E-state index is -1.47. The van der Waals surface area contributed by atoms with E-state index in [-0.39, 0.29) is 11.0 Å². The van der Waals surface area contributed by atoms with Crippen molar-refractivity contribution < 1.29 is 19.5 Å². The monoisotopic (exact) mass is 308 g/mol. The summed E-state index contributed by atoms with van der Waals surface area (Å²) in [5.41, 5.74) is -0.0694. The Balaban J connectivity index is 3.31. The summed E-state index contributed by atoms with van der Waals surface area (Å²) in [6.45, 7) is 0. The van der Waals surface area contributed by atoms with Crippen LogP contribution in [0.15, 0.2) is 6.07 Å². The molecule has 0 unspecified atom stereocenters. The minimum Gasteiger partial charge on any atom is -0.376 e. The molecule has 0 aliphatic carbocycles. The van der Waals surface area contributed by atoms with E-state index >= 15 is 0 Å². The normalized spacial score (nSPS) is 9.94. The number of rotatable bonds is 5. The van der Waals surface area contributed by atoms with E-state index in [0.29, 0.717) is 4.68 Å². The lowest BCUT2D eigenvalue weighted by molar-refractivity contribution is -0.936. The summed E-state index contributed by atoms with van der Waals surface area (Å²) in [6.07, 6.45) is -1.47. The fourth-order valence-corrected chi connectivity index (χ4v) is 1.38. The van der Waals surface area contributed by atoms with Gasteiger partial charge in [-0.15, -0.1) is 20.9 Å². The zero-order valence-electron chi connectivity index (χ0n) is 7.85. The predicted octanol–water partition coefficient (Wildman–Crippen LogP) is -0.260. The van der Waals surface area contributed by atoms with Crippen LogP contribution in [-0.4, -0.2) is 19.9 Å². The van der Waals surface area contributed by atoms with Crippen LogP contribution < -0.4 is 4.68 Å². The number of alkyl halides is 1. The third kappa shape index (κ3) is 2.47. The second-order valence-corrected chi connectivity index (χ2v) is 3.17. The van der Waals surface area contributed by atoms with Crippen LogP contribution >= 0.6 is 15.9 Å². The van der Waals surface area contributed by atoms with Crippen molar-refractivity contribution >= 4 is 21.7 Å². The summed E-state index contributed by atoms with van der Waals surface area (Å²) < 4.78 is 0.312. The molecule has 12 heteroatoms. The molecule has 0 saturated heterocycles. The fourth-order valence-electron chi connectivity index (χ4n) is 0.985. The Labute approximate surface area is 101 Å². The lowest BCUT2D eigenvalue weighted by atomic mass is 10.4. The van der Waals surface area contributed by atoms with Gasteiger partial charge in [0.1, 0.15) is 20.6 Å². The van der Waals surface area contributed by atoms with Gasteiger partial charge in [0.05, 0.1) is 0 Å². The molecule has 1 heterocycles. The molecule has 0 atom stereocenters. The van der Waals surface area contributed by atoms with Gasteiger partial charge in [0.15, 0.2) is 0 Å². The van der Waals surface area contributed by atoms with Gasteiger partial charge in [-0.2, -0.15) is 0 Å². The first kappa shape index (κ1) is 12.8. The van der Waals surface area contributed by atoms with E-state index in [1.165, 1.54) is 0 Å². The first-order chi connectivity index (χ1) is 7.88. The molecule has 0 saturated carbocycles. The number of hydrogen-bond donors (Lipinski definition) is 0. The van der Waals surface area contributed by atoms with Gasteiger partial charge in [-0.1, -0.05) is 6.07 Å². The van der Waals surface area contributed by atoms with Crippen molar-refractivity contribution in [3.8, 4) is 0 Å². The van der Waals surface area contributed by atoms with Crippen molar-refractivity contribution in [2.24, 2.45) is 0 Å². The Kier molecular flexibility index (Phi) is 3.57. The van der Waals surface area contributed by atoms with Crippen molar-refractivity contribution in [1.29, 1.82) is 0 Å². The second-order valence-electron chi connectivity index (χ2n) is 2.61. The van der Waals surface area contributed by atoms with Gasteiger partial charge in [0.2, 0.25) is 0 Å². The van der Waals surface area contributed by atoms with Gasteiger partial charge in [0, 0.05) is 10.0 Å². The fraction of sp³-hybridized carbons (Fsp3) is 0.200. The van der Waals surface area contributed by atoms with Crippen LogP contribution in [0.3, 0.4) is 0 Å². The Bertz CT molecular complexity index is 471. The van der Waals surface area contributed by atoms with E-state index in [2.05, 4.69) is 21.0 Å². The second kappa shape index (κ2) is 4.73. The molecule has 0 fully saturated rings. The quantitative estimate of drug-likeness (QED) is 0.239. The average Bonchev–Trinajstić information content (AvgIpc) is 2.60. The van der Waals surface area contributed by atoms with Gasteiger partial charge in [0.25, 0.3) is 5.82 Å². The smallest absolute Gasteiger partial charge is 0.376 e. The number of aromatic nitrogens is 2. The first-order valence-corrected chi connectivity index (χ1v) is 4.96. The molecule has 0 N–H and O–H groups in total. The average molecular weight is 309 g/mol. The van der Waals surface area contributed by atoms with E-state index in [1.807, 2.05) is 0 Å². The number of halogens is 1. The van der Waals surface area contributed by atoms with Crippen LogP contribution in [0.25, 0.3) is 0 Å². The molecule has 17 heavy (non-hydrogen) atoms. The highest BCUT2D eigenvalue weighted by atomic mass is 79.9. The highest BCUT2D eigenvalue weighted by Gasteiger charge is 2.47. The summed E-state index contributed by atoms with van der Waals surface area (Å²) in [5.74, 6) is -0.708. The summed E-state index contributed by atoms with van der Waals surface area (Å²) in [4.78, 5) is 27.9. The summed E-state index contributed by atoms with van der Waals surface area (Å²) in [7, 11) is 0. The van der Waals surface area contributed by atoms with Crippen molar-refractivity contribution in [1.82, 2.24) is 5.10 Å². The molecule has 1 rings (SSSR count). The molecule has 0 aromatic carbocycles. The lowest BCUT2D eigenvalue weighted by Crippen LogP contribution is -2.52. The summed E-state index contributed by atoms with van der Waals surface area (Å²) in [6, 6.07) is 0.905. The van der Waals surface area contributed by atoms with Crippen LogP contribution in [0, 0.1) is 36.6 Å². The van der Waals surface area contributed by atoms with E-state index in [0.717, 1.165) is 6.07 Å². The molecule has 92 valence electrons. The maximum atomic E-state index is 10.5. The molecular formula is C5H3BrN5O6-. The Morgan fingerprint density at radius 2 is 1.88 bits per heavy atom. The molecule has 0 aliphatic heterocycles. The molecule has 0 aliphatic rings. The summed E-state index contributed by atoms with van der Waals surface area (Å²) >= 11 is 2.90. The molecular weight excluding hydrogens is 306 g/mol. The van der Waals surface area contributed by atoms with Crippen LogP contribution in [0.4, 0.5) is 5.82 Å². The minimum absolute atomic E-state index is 0.0565. The molecule has 0 radical (unpaired) electrons. The number of nitro groups is 3. The zero-order valence-corrected chi connectivity index (χ0v) is 9.43. The standard InChI is InChI=1S/C5H3BrN5O6/c6-2-3-1-4(9(12)13)7-8(3)5(10(14)15)11(16)17/h1H,2H2/q-1. The van der Waals surface area contributed by atoms with Gasteiger partial charge in [-0.3, -0.25) is 20.2 Å². The Morgan fingerprint density at radius 3 is 2.24 bits per heavy atom. The SMILES string of the molecule is O=[N+]([O-])[C-]([N+](=O)[O-])[n+]1n[c-]([N+](=O)[O-])cc1CBr. The van der Waals surface area contributed by atoms with Crippen molar-refractivity contribution in [3.05, 3.63) is 48.4 Å². The number of hydrogen-bond acceptors (Lipinski definition) is 7. The third-order valence-electron chi connectivity index (χ3n) is 1.61. The van der Waals surface area contributed by atoms with E-state index in [1.54, 1.807) is 0 Å². The maximum absolute atomic E-state index is 10.5. The highest BCUT2D eigenvalue weighted by molar-refractivity contribution is 9.08. The van der Waals surface area contributed by atoms with E-state index in [4.69, 9.17) is 0 Å². The number of nitrogens with zero attached hydrogens (tertiary/aromatic N) is 5. The van der Waals surface area contributed by atoms with Crippen LogP contribution in [0.1, 0.15) is 5.69 Å². The third-order valence-corrected chi connectivity index (χ3v) is 2.18. The highest BCUT2D eigenvalue weighted by Crippen LogP contribution is 2.12. The molecule has 11 nitrogen and oxygen atoms in total. The molecule has 1 aromatic rings. The predicted molar refractivity (Wildman–Crippen MR) is 51.9 cm³/mol.